The summed E-state index contributed by atoms with van der Waals surface area (Å²) in [5.74, 6) is 0.0347. The minimum absolute atomic E-state index is 0.0347. The van der Waals surface area contributed by atoms with Crippen LogP contribution in [-0.4, -0.2) is 5.78 Å². The average molecular weight is 145 g/mol. The van der Waals surface area contributed by atoms with Crippen molar-refractivity contribution in [3.8, 4) is 0 Å². The van der Waals surface area contributed by atoms with Gasteiger partial charge in [0.1, 0.15) is 0 Å². The van der Waals surface area contributed by atoms with Gasteiger partial charge in [-0.15, -0.1) is 0 Å². The number of hydrogen-bond acceptors (Lipinski definition) is 2. The molecule has 0 saturated heterocycles. The Kier molecular flexibility index (Phi) is 1.09. The molecule has 0 heterocycles. The Balaban J connectivity index is 2.55. The zero-order chi connectivity index (χ0) is 7.84. The fourth-order valence-corrected chi connectivity index (χ4v) is 1.28. The maximum atomic E-state index is 11.3. The van der Waals surface area contributed by atoms with Gasteiger partial charge in [0.2, 0.25) is 0 Å². The van der Waals surface area contributed by atoms with E-state index in [0.29, 0.717) is 5.57 Å². The first-order valence-corrected chi connectivity index (χ1v) is 3.40. The van der Waals surface area contributed by atoms with Crippen LogP contribution in [0.15, 0.2) is 47.2 Å². The molecule has 2 heteroatoms. The van der Waals surface area contributed by atoms with Crippen LogP contribution < -0.4 is 5.73 Å². The molecule has 2 aliphatic carbocycles. The second kappa shape index (κ2) is 1.95. The van der Waals surface area contributed by atoms with Crippen LogP contribution in [0, 0.1) is 0 Å². The van der Waals surface area contributed by atoms with Crippen molar-refractivity contribution in [1.82, 2.24) is 0 Å². The first-order valence-electron chi connectivity index (χ1n) is 3.40. The standard InChI is InChI=1S/C9H7NO/c10-5-7-4-6-2-1-3-8(6)9(7)11/h1-5H,10H2/b7-5-. The Morgan fingerprint density at radius 1 is 1.45 bits per heavy atom. The number of Topliss-reactive ketones (excluding diaryl/α,β-unsaturated/α-hetero) is 1. The summed E-state index contributed by atoms with van der Waals surface area (Å²) in [6, 6.07) is 0. The molecule has 2 N–H and O–H groups in total. The van der Waals surface area contributed by atoms with E-state index in [2.05, 4.69) is 0 Å². The lowest BCUT2D eigenvalue weighted by Gasteiger charge is -1.90. The molecule has 2 rings (SSSR count). The van der Waals surface area contributed by atoms with Crippen LogP contribution in [0.1, 0.15) is 0 Å². The third-order valence-electron chi connectivity index (χ3n) is 1.85. The van der Waals surface area contributed by atoms with Crippen molar-refractivity contribution in [2.45, 2.75) is 0 Å². The Bertz CT molecular complexity index is 343. The molecule has 11 heavy (non-hydrogen) atoms. The summed E-state index contributed by atoms with van der Waals surface area (Å²) in [5, 5.41) is 0. The van der Waals surface area contributed by atoms with Crippen molar-refractivity contribution in [3.05, 3.63) is 47.2 Å². The number of nitrogens with two attached hydrogens (primary N) is 1. The maximum absolute atomic E-state index is 11.3. The smallest absolute Gasteiger partial charge is 0.195 e. The van der Waals surface area contributed by atoms with Crippen LogP contribution in [-0.2, 0) is 4.79 Å². The molecule has 2 nitrogen and oxygen atoms in total. The molecule has 0 aromatic carbocycles. The van der Waals surface area contributed by atoms with Gasteiger partial charge in [-0.2, -0.15) is 0 Å². The summed E-state index contributed by atoms with van der Waals surface area (Å²) in [7, 11) is 0. The molecule has 2 aliphatic rings. The van der Waals surface area contributed by atoms with Gasteiger partial charge in [0.25, 0.3) is 0 Å². The van der Waals surface area contributed by atoms with Crippen LogP contribution in [0.2, 0.25) is 0 Å². The number of rotatable bonds is 0. The van der Waals surface area contributed by atoms with Crippen molar-refractivity contribution in [1.29, 1.82) is 0 Å². The van der Waals surface area contributed by atoms with E-state index in [1.807, 2.05) is 18.2 Å². The number of carbonyl (C=O) groups is 1. The summed E-state index contributed by atoms with van der Waals surface area (Å²) in [6.07, 6.45) is 8.74. The predicted molar refractivity (Wildman–Crippen MR) is 42.6 cm³/mol. The fourth-order valence-electron chi connectivity index (χ4n) is 1.28. The zero-order valence-corrected chi connectivity index (χ0v) is 5.87. The van der Waals surface area contributed by atoms with Crippen LogP contribution in [0.3, 0.4) is 0 Å². The van der Waals surface area contributed by atoms with E-state index in [1.54, 1.807) is 6.08 Å². The van der Waals surface area contributed by atoms with Crippen LogP contribution in [0.5, 0.6) is 0 Å². The highest BCUT2D eigenvalue weighted by molar-refractivity contribution is 6.18. The van der Waals surface area contributed by atoms with Crippen molar-refractivity contribution < 1.29 is 4.79 Å². The van der Waals surface area contributed by atoms with Crippen molar-refractivity contribution >= 4 is 5.78 Å². The lowest BCUT2D eigenvalue weighted by atomic mass is 10.1. The Labute approximate surface area is 64.4 Å². The van der Waals surface area contributed by atoms with E-state index in [1.165, 1.54) is 6.20 Å². The first-order chi connectivity index (χ1) is 5.33. The third kappa shape index (κ3) is 0.693. The topological polar surface area (TPSA) is 43.1 Å². The molecule has 54 valence electrons. The lowest BCUT2D eigenvalue weighted by Crippen LogP contribution is -1.98. The van der Waals surface area contributed by atoms with E-state index >= 15 is 0 Å². The SMILES string of the molecule is N/C=C1/C=C2C=CC=C2C1=O. The van der Waals surface area contributed by atoms with Gasteiger partial charge in [-0.1, -0.05) is 18.2 Å². The number of carbonyl (C=O) groups excluding carboxylic acids is 1. The molecular weight excluding hydrogens is 138 g/mol. The van der Waals surface area contributed by atoms with Gasteiger partial charge in [-0.3, -0.25) is 4.79 Å². The zero-order valence-electron chi connectivity index (χ0n) is 5.87. The molecule has 0 amide bonds. The highest BCUT2D eigenvalue weighted by Crippen LogP contribution is 2.29. The van der Waals surface area contributed by atoms with Gasteiger partial charge >= 0.3 is 0 Å². The molecule has 0 saturated carbocycles. The van der Waals surface area contributed by atoms with Gasteiger partial charge < -0.3 is 5.73 Å². The summed E-state index contributed by atoms with van der Waals surface area (Å²) in [5.41, 5.74) is 7.59. The van der Waals surface area contributed by atoms with E-state index in [0.717, 1.165) is 11.1 Å². The minimum atomic E-state index is 0.0347. The van der Waals surface area contributed by atoms with Crippen molar-refractivity contribution in [2.75, 3.05) is 0 Å². The highest BCUT2D eigenvalue weighted by Gasteiger charge is 2.24. The quantitative estimate of drug-likeness (QED) is 0.513. The average Bonchev–Trinajstić information content (AvgIpc) is 2.53. The van der Waals surface area contributed by atoms with E-state index < -0.39 is 0 Å². The largest absolute Gasteiger partial charge is 0.404 e. The number of allylic oxidation sites excluding steroid dienone is 7. The Morgan fingerprint density at radius 3 is 2.91 bits per heavy atom. The lowest BCUT2D eigenvalue weighted by molar-refractivity contribution is -0.111. The molecular formula is C9H7NO. The molecule has 0 aliphatic heterocycles. The highest BCUT2D eigenvalue weighted by atomic mass is 16.1. The van der Waals surface area contributed by atoms with E-state index in [9.17, 15) is 4.79 Å². The summed E-state index contributed by atoms with van der Waals surface area (Å²) in [6.45, 7) is 0. The monoisotopic (exact) mass is 145 g/mol. The van der Waals surface area contributed by atoms with Gasteiger partial charge in [-0.25, -0.2) is 0 Å². The molecule has 0 spiro atoms. The van der Waals surface area contributed by atoms with Gasteiger partial charge in [-0.05, 0) is 11.6 Å². The normalized spacial score (nSPS) is 24.0. The van der Waals surface area contributed by atoms with Gasteiger partial charge in [0, 0.05) is 17.3 Å². The van der Waals surface area contributed by atoms with Crippen LogP contribution in [0.25, 0.3) is 0 Å². The minimum Gasteiger partial charge on any atom is -0.404 e. The molecule has 0 unspecified atom stereocenters. The summed E-state index contributed by atoms with van der Waals surface area (Å²) in [4.78, 5) is 11.3. The molecule has 0 aromatic rings. The van der Waals surface area contributed by atoms with Crippen LogP contribution in [0.4, 0.5) is 0 Å². The van der Waals surface area contributed by atoms with E-state index in [4.69, 9.17) is 5.73 Å². The third-order valence-corrected chi connectivity index (χ3v) is 1.85. The molecule has 0 atom stereocenters. The van der Waals surface area contributed by atoms with Crippen molar-refractivity contribution in [3.63, 3.8) is 0 Å². The van der Waals surface area contributed by atoms with Gasteiger partial charge in [0.15, 0.2) is 5.78 Å². The molecule has 0 aromatic heterocycles. The number of fused-ring (bicyclic) bond motifs is 1. The summed E-state index contributed by atoms with van der Waals surface area (Å²) >= 11 is 0. The summed E-state index contributed by atoms with van der Waals surface area (Å²) < 4.78 is 0. The Hall–Kier alpha value is -1.57. The first kappa shape index (κ1) is 6.16. The maximum Gasteiger partial charge on any atom is 0.195 e. The molecule has 0 radical (unpaired) electrons. The molecule has 0 bridgehead atoms. The van der Waals surface area contributed by atoms with Crippen molar-refractivity contribution in [2.24, 2.45) is 5.73 Å². The van der Waals surface area contributed by atoms with Crippen LogP contribution >= 0.6 is 0 Å². The second-order valence-electron chi connectivity index (χ2n) is 2.49. The second-order valence-corrected chi connectivity index (χ2v) is 2.49. The fraction of sp³-hybridized carbons (Fsp3) is 0. The van der Waals surface area contributed by atoms with E-state index in [-0.39, 0.29) is 5.78 Å². The Morgan fingerprint density at radius 2 is 2.27 bits per heavy atom. The van der Waals surface area contributed by atoms with Gasteiger partial charge in [0.05, 0.1) is 0 Å². The number of ketones is 1. The molecule has 0 fully saturated rings. The number of hydrogen-bond donors (Lipinski definition) is 1. The predicted octanol–water partition coefficient (Wildman–Crippen LogP) is 0.834.